The highest BCUT2D eigenvalue weighted by molar-refractivity contribution is 5.70. The first-order valence-corrected chi connectivity index (χ1v) is 9.26. The topological polar surface area (TPSA) is 137 Å². The monoisotopic (exact) mass is 436 g/mol. The van der Waals surface area contributed by atoms with E-state index in [1.807, 2.05) is 55.4 Å². The van der Waals surface area contributed by atoms with Crippen LogP contribution in [0.25, 0.3) is 17.8 Å². The molecule has 1 aromatic heterocycles. The molecule has 0 fully saturated rings. The van der Waals surface area contributed by atoms with Crippen molar-refractivity contribution < 1.29 is 19.3 Å². The molecule has 1 heterocycles. The third-order valence-corrected chi connectivity index (χ3v) is 4.65. The molecule has 0 aliphatic carbocycles. The zero-order chi connectivity index (χ0) is 23.4. The average molecular weight is 436 g/mol. The van der Waals surface area contributed by atoms with Crippen LogP contribution in [0.2, 0.25) is 0 Å². The Bertz CT molecular complexity index is 1190. The second-order valence-corrected chi connectivity index (χ2v) is 6.96. The van der Waals surface area contributed by atoms with Crippen molar-refractivity contribution in [1.29, 1.82) is 0 Å². The average Bonchev–Trinajstić information content (AvgIpc) is 2.77. The molecule has 2 aromatic carbocycles. The summed E-state index contributed by atoms with van der Waals surface area (Å²) in [6.45, 7) is 0. The zero-order valence-electron chi connectivity index (χ0n) is 17.1. The van der Waals surface area contributed by atoms with Gasteiger partial charge in [-0.3, -0.25) is 30.3 Å². The highest BCUT2D eigenvalue weighted by Gasteiger charge is 2.37. The SMILES string of the molecule is CN(C)c1ccc(/C=C/c2cc[n+](-c3c([N+](=O)[O-])cc([N+](=O)[O-])cc3[N+](=O)[O-])cc2)cc1. The summed E-state index contributed by atoms with van der Waals surface area (Å²) < 4.78 is 1.20. The minimum atomic E-state index is -0.909. The maximum atomic E-state index is 11.5. The molecule has 0 atom stereocenters. The fourth-order valence-corrected chi connectivity index (χ4v) is 3.01. The van der Waals surface area contributed by atoms with E-state index in [0.29, 0.717) is 12.1 Å². The highest BCUT2D eigenvalue weighted by Crippen LogP contribution is 2.33. The third-order valence-electron chi connectivity index (χ3n) is 4.65. The van der Waals surface area contributed by atoms with E-state index in [0.717, 1.165) is 16.8 Å². The summed E-state index contributed by atoms with van der Waals surface area (Å²) in [6, 6.07) is 12.5. The predicted molar refractivity (Wildman–Crippen MR) is 118 cm³/mol. The van der Waals surface area contributed by atoms with Crippen LogP contribution in [0.5, 0.6) is 0 Å². The number of hydrogen-bond donors (Lipinski definition) is 0. The Morgan fingerprint density at radius 2 is 1.22 bits per heavy atom. The van der Waals surface area contributed by atoms with Crippen LogP contribution in [-0.2, 0) is 0 Å². The Morgan fingerprint density at radius 1 is 0.750 bits per heavy atom. The molecule has 11 heteroatoms. The van der Waals surface area contributed by atoms with E-state index in [1.54, 1.807) is 12.1 Å². The van der Waals surface area contributed by atoms with Gasteiger partial charge in [0.15, 0.2) is 12.4 Å². The molecule has 3 rings (SSSR count). The molecule has 0 saturated heterocycles. The van der Waals surface area contributed by atoms with Gasteiger partial charge in [-0.2, -0.15) is 4.57 Å². The van der Waals surface area contributed by atoms with E-state index in [4.69, 9.17) is 0 Å². The van der Waals surface area contributed by atoms with Gasteiger partial charge >= 0.3 is 17.1 Å². The molecule has 0 bridgehead atoms. The van der Waals surface area contributed by atoms with E-state index < -0.39 is 31.8 Å². The lowest BCUT2D eigenvalue weighted by Gasteiger charge is -2.11. The second-order valence-electron chi connectivity index (χ2n) is 6.96. The van der Waals surface area contributed by atoms with Crippen molar-refractivity contribution in [2.45, 2.75) is 0 Å². The van der Waals surface area contributed by atoms with Crippen molar-refractivity contribution in [3.63, 3.8) is 0 Å². The molecule has 0 spiro atoms. The number of nitro benzene ring substituents is 3. The predicted octanol–water partition coefficient (Wildman–Crippen LogP) is 3.92. The summed E-state index contributed by atoms with van der Waals surface area (Å²) in [5.74, 6) is 0. The van der Waals surface area contributed by atoms with Gasteiger partial charge in [-0.25, -0.2) is 0 Å². The quantitative estimate of drug-likeness (QED) is 0.311. The third kappa shape index (κ3) is 4.73. The van der Waals surface area contributed by atoms with Gasteiger partial charge in [-0.05, 0) is 23.3 Å². The lowest BCUT2D eigenvalue weighted by atomic mass is 10.1. The molecule has 0 saturated carbocycles. The van der Waals surface area contributed by atoms with Crippen LogP contribution < -0.4 is 9.47 Å². The summed E-state index contributed by atoms with van der Waals surface area (Å²) in [4.78, 5) is 33.3. The van der Waals surface area contributed by atoms with Crippen molar-refractivity contribution in [2.75, 3.05) is 19.0 Å². The van der Waals surface area contributed by atoms with E-state index in [9.17, 15) is 30.3 Å². The van der Waals surface area contributed by atoms with Crippen molar-refractivity contribution in [2.24, 2.45) is 0 Å². The highest BCUT2D eigenvalue weighted by atomic mass is 16.6. The standard InChI is InChI=1S/C21H18N5O6/c1-22(2)17-7-5-15(6-8-17)3-4-16-9-11-23(12-10-16)21-19(25(29)30)13-18(24(27)28)14-20(21)26(31)32/h3-14H,1-2H3/q+1. The number of nitrogens with zero attached hydrogens (tertiary/aromatic N) is 5. The molecule has 0 aliphatic heterocycles. The summed E-state index contributed by atoms with van der Waals surface area (Å²) in [5.41, 5.74) is 0.224. The van der Waals surface area contributed by atoms with Crippen molar-refractivity contribution in [1.82, 2.24) is 0 Å². The zero-order valence-corrected chi connectivity index (χ0v) is 17.1. The number of rotatable bonds is 7. The van der Waals surface area contributed by atoms with Crippen LogP contribution in [0.1, 0.15) is 11.1 Å². The molecular formula is C21H18N5O6+. The molecule has 32 heavy (non-hydrogen) atoms. The first-order chi connectivity index (χ1) is 15.2. The molecule has 0 amide bonds. The fourth-order valence-electron chi connectivity index (χ4n) is 3.01. The fraction of sp³-hybridized carbons (Fsp3) is 0.0952. The Kier molecular flexibility index (Phi) is 6.19. The summed E-state index contributed by atoms with van der Waals surface area (Å²) in [6.07, 6.45) is 6.57. The molecule has 0 radical (unpaired) electrons. The minimum absolute atomic E-state index is 0.361. The van der Waals surface area contributed by atoms with Crippen molar-refractivity contribution in [3.05, 3.63) is 102 Å². The Hall–Kier alpha value is -4.67. The largest absolute Gasteiger partial charge is 0.378 e. The number of benzene rings is 2. The van der Waals surface area contributed by atoms with Gasteiger partial charge in [0.25, 0.3) is 5.69 Å². The van der Waals surface area contributed by atoms with Crippen molar-refractivity contribution in [3.8, 4) is 5.69 Å². The van der Waals surface area contributed by atoms with Crippen LogP contribution in [0.4, 0.5) is 22.7 Å². The molecular weight excluding hydrogens is 418 g/mol. The first kappa shape index (κ1) is 22.0. The van der Waals surface area contributed by atoms with E-state index in [2.05, 4.69) is 0 Å². The Labute approximate surface area is 181 Å². The number of non-ortho nitro benzene ring substituents is 1. The van der Waals surface area contributed by atoms with Gasteiger partial charge in [0, 0.05) is 31.9 Å². The summed E-state index contributed by atoms with van der Waals surface area (Å²) >= 11 is 0. The lowest BCUT2D eigenvalue weighted by molar-refractivity contribution is -0.606. The number of nitro groups is 3. The van der Waals surface area contributed by atoms with E-state index in [-0.39, 0.29) is 5.69 Å². The summed E-state index contributed by atoms with van der Waals surface area (Å²) in [7, 11) is 3.90. The summed E-state index contributed by atoms with van der Waals surface area (Å²) in [5, 5.41) is 34.0. The number of aromatic nitrogens is 1. The van der Waals surface area contributed by atoms with Crippen LogP contribution in [0.3, 0.4) is 0 Å². The van der Waals surface area contributed by atoms with Gasteiger partial charge in [0.05, 0.1) is 14.8 Å². The van der Waals surface area contributed by atoms with Gasteiger partial charge < -0.3 is 4.90 Å². The number of pyridine rings is 1. The molecule has 11 nitrogen and oxygen atoms in total. The molecule has 0 unspecified atom stereocenters. The van der Waals surface area contributed by atoms with Gasteiger partial charge in [0.1, 0.15) is 12.1 Å². The van der Waals surface area contributed by atoms with Crippen LogP contribution in [0, 0.1) is 30.3 Å². The lowest BCUT2D eigenvalue weighted by Crippen LogP contribution is -2.31. The first-order valence-electron chi connectivity index (χ1n) is 9.26. The Morgan fingerprint density at radius 3 is 1.62 bits per heavy atom. The van der Waals surface area contributed by atoms with Crippen molar-refractivity contribution >= 4 is 34.9 Å². The van der Waals surface area contributed by atoms with Gasteiger partial charge in [-0.1, -0.05) is 24.3 Å². The Balaban J connectivity index is 1.97. The van der Waals surface area contributed by atoms with Gasteiger partial charge in [0.2, 0.25) is 0 Å². The number of hydrogen-bond acceptors (Lipinski definition) is 7. The maximum absolute atomic E-state index is 11.5. The smallest absolute Gasteiger partial charge is 0.367 e. The van der Waals surface area contributed by atoms with E-state index in [1.165, 1.54) is 17.0 Å². The minimum Gasteiger partial charge on any atom is -0.378 e. The maximum Gasteiger partial charge on any atom is 0.367 e. The van der Waals surface area contributed by atoms with Gasteiger partial charge in [-0.15, -0.1) is 0 Å². The van der Waals surface area contributed by atoms with Crippen LogP contribution in [-0.4, -0.2) is 28.9 Å². The molecule has 0 aliphatic rings. The van der Waals surface area contributed by atoms with Crippen LogP contribution in [0.15, 0.2) is 60.9 Å². The van der Waals surface area contributed by atoms with E-state index >= 15 is 0 Å². The second kappa shape index (κ2) is 9.00. The molecule has 162 valence electrons. The molecule has 3 aromatic rings. The number of anilines is 1. The normalized spacial score (nSPS) is 10.8. The van der Waals surface area contributed by atoms with Crippen LogP contribution >= 0.6 is 0 Å². The molecule has 0 N–H and O–H groups in total.